The highest BCUT2D eigenvalue weighted by atomic mass is 32.1. The zero-order valence-corrected chi connectivity index (χ0v) is 13.3. The predicted octanol–water partition coefficient (Wildman–Crippen LogP) is 1.86. The highest BCUT2D eigenvalue weighted by Gasteiger charge is 2.27. The van der Waals surface area contributed by atoms with Crippen LogP contribution in [0.15, 0.2) is 17.5 Å². The van der Waals surface area contributed by atoms with E-state index in [1.54, 1.807) is 23.2 Å². The van der Waals surface area contributed by atoms with E-state index < -0.39 is 6.10 Å². The normalized spacial score (nSPS) is 20.3. The summed E-state index contributed by atoms with van der Waals surface area (Å²) < 4.78 is 5.41. The Labute approximate surface area is 129 Å². The smallest absolute Gasteiger partial charge is 0.317 e. The number of aliphatic hydroxyl groups excluding tert-OH is 1. The van der Waals surface area contributed by atoms with E-state index in [9.17, 15) is 9.90 Å². The average Bonchev–Trinajstić information content (AvgIpc) is 2.96. The minimum atomic E-state index is -0.425. The summed E-state index contributed by atoms with van der Waals surface area (Å²) in [5.74, 6) is 0. The SMILES string of the molecule is C[C@@H](O)C[C@@H]1COCCN1C(=O)NCCCc1cccs1. The Hall–Kier alpha value is -1.11. The number of urea groups is 1. The molecule has 2 atom stereocenters. The fraction of sp³-hybridized carbons (Fsp3) is 0.667. The van der Waals surface area contributed by atoms with Gasteiger partial charge in [0, 0.05) is 18.0 Å². The summed E-state index contributed by atoms with van der Waals surface area (Å²) in [5, 5.41) is 14.6. The molecule has 1 fully saturated rings. The molecule has 2 N–H and O–H groups in total. The number of morpholine rings is 1. The van der Waals surface area contributed by atoms with Gasteiger partial charge in [-0.1, -0.05) is 6.07 Å². The van der Waals surface area contributed by atoms with Crippen molar-refractivity contribution in [3.8, 4) is 0 Å². The van der Waals surface area contributed by atoms with Gasteiger partial charge in [-0.05, 0) is 37.6 Å². The number of ether oxygens (including phenoxy) is 1. The van der Waals surface area contributed by atoms with Gasteiger partial charge in [-0.15, -0.1) is 11.3 Å². The molecule has 0 bridgehead atoms. The average molecular weight is 312 g/mol. The Balaban J connectivity index is 1.72. The van der Waals surface area contributed by atoms with Gasteiger partial charge < -0.3 is 20.1 Å². The molecule has 1 saturated heterocycles. The van der Waals surface area contributed by atoms with Crippen LogP contribution in [-0.4, -0.2) is 54.5 Å². The summed E-state index contributed by atoms with van der Waals surface area (Å²) in [6.07, 6.45) is 2.07. The molecule has 1 aromatic rings. The quantitative estimate of drug-likeness (QED) is 0.788. The standard InChI is InChI=1S/C15H24N2O3S/c1-12(18)10-13-11-20-8-7-17(13)15(19)16-6-2-4-14-5-3-9-21-14/h3,5,9,12-13,18H,2,4,6-8,10-11H2,1H3,(H,16,19)/t12-,13-/m1/s1. The van der Waals surface area contributed by atoms with Crippen molar-refractivity contribution in [2.24, 2.45) is 0 Å². The molecule has 1 aromatic heterocycles. The summed E-state index contributed by atoms with van der Waals surface area (Å²) in [4.78, 5) is 15.4. The van der Waals surface area contributed by atoms with Gasteiger partial charge in [-0.2, -0.15) is 0 Å². The second-order valence-electron chi connectivity index (χ2n) is 5.42. The lowest BCUT2D eigenvalue weighted by molar-refractivity contribution is -0.00428. The van der Waals surface area contributed by atoms with Crippen molar-refractivity contribution in [2.45, 2.75) is 38.3 Å². The molecule has 21 heavy (non-hydrogen) atoms. The molecule has 118 valence electrons. The number of carbonyl (C=O) groups excluding carboxylic acids is 1. The van der Waals surface area contributed by atoms with E-state index in [0.717, 1.165) is 12.8 Å². The Morgan fingerprint density at radius 1 is 1.67 bits per heavy atom. The van der Waals surface area contributed by atoms with Gasteiger partial charge in [0.05, 0.1) is 25.4 Å². The summed E-state index contributed by atoms with van der Waals surface area (Å²) in [7, 11) is 0. The molecule has 0 unspecified atom stereocenters. The van der Waals surface area contributed by atoms with Crippen LogP contribution in [0.25, 0.3) is 0 Å². The third-order valence-electron chi connectivity index (χ3n) is 3.56. The van der Waals surface area contributed by atoms with Crippen molar-refractivity contribution < 1.29 is 14.6 Å². The molecule has 0 spiro atoms. The van der Waals surface area contributed by atoms with Gasteiger partial charge in [0.2, 0.25) is 0 Å². The van der Waals surface area contributed by atoms with Gasteiger partial charge in [0.1, 0.15) is 0 Å². The lowest BCUT2D eigenvalue weighted by atomic mass is 10.1. The minimum Gasteiger partial charge on any atom is -0.393 e. The molecule has 1 aliphatic rings. The van der Waals surface area contributed by atoms with Crippen LogP contribution in [0, 0.1) is 0 Å². The number of amides is 2. The number of nitrogens with zero attached hydrogens (tertiary/aromatic N) is 1. The number of hydrogen-bond donors (Lipinski definition) is 2. The summed E-state index contributed by atoms with van der Waals surface area (Å²) in [6.45, 7) is 4.09. The third kappa shape index (κ3) is 5.30. The first-order chi connectivity index (χ1) is 10.2. The second kappa shape index (κ2) is 8.36. The molecule has 0 aliphatic carbocycles. The summed E-state index contributed by atoms with van der Waals surface area (Å²) >= 11 is 1.75. The topological polar surface area (TPSA) is 61.8 Å². The molecule has 2 amide bonds. The highest BCUT2D eigenvalue weighted by molar-refractivity contribution is 7.09. The van der Waals surface area contributed by atoms with E-state index >= 15 is 0 Å². The van der Waals surface area contributed by atoms with Crippen molar-refractivity contribution in [3.63, 3.8) is 0 Å². The number of hydrogen-bond acceptors (Lipinski definition) is 4. The van der Waals surface area contributed by atoms with Crippen LogP contribution in [0.5, 0.6) is 0 Å². The van der Waals surface area contributed by atoms with Crippen molar-refractivity contribution in [1.82, 2.24) is 10.2 Å². The minimum absolute atomic E-state index is 0.0314. The molecule has 5 nitrogen and oxygen atoms in total. The number of nitrogens with one attached hydrogen (secondary N) is 1. The second-order valence-corrected chi connectivity index (χ2v) is 6.45. The van der Waals surface area contributed by atoms with E-state index in [-0.39, 0.29) is 12.1 Å². The van der Waals surface area contributed by atoms with Gasteiger partial charge in [0.15, 0.2) is 0 Å². The molecule has 6 heteroatoms. The van der Waals surface area contributed by atoms with Crippen LogP contribution in [0.1, 0.15) is 24.6 Å². The molecular formula is C15H24N2O3S. The van der Waals surface area contributed by atoms with Gasteiger partial charge in [-0.25, -0.2) is 4.79 Å². The first kappa shape index (κ1) is 16.3. The van der Waals surface area contributed by atoms with E-state index in [4.69, 9.17) is 4.74 Å². The number of thiophene rings is 1. The molecule has 2 heterocycles. The Morgan fingerprint density at radius 2 is 2.52 bits per heavy atom. The zero-order chi connectivity index (χ0) is 15.1. The third-order valence-corrected chi connectivity index (χ3v) is 4.49. The molecule has 0 radical (unpaired) electrons. The van der Waals surface area contributed by atoms with Crippen molar-refractivity contribution >= 4 is 17.4 Å². The molecule has 2 rings (SSSR count). The maximum absolute atomic E-state index is 12.2. The van der Waals surface area contributed by atoms with Crippen LogP contribution >= 0.6 is 11.3 Å². The van der Waals surface area contributed by atoms with E-state index in [2.05, 4.69) is 16.8 Å². The first-order valence-electron chi connectivity index (χ1n) is 7.49. The van der Waals surface area contributed by atoms with Gasteiger partial charge in [-0.3, -0.25) is 0 Å². The lowest BCUT2D eigenvalue weighted by Gasteiger charge is -2.36. The summed E-state index contributed by atoms with van der Waals surface area (Å²) in [6, 6.07) is 4.09. The predicted molar refractivity (Wildman–Crippen MR) is 83.6 cm³/mol. The highest BCUT2D eigenvalue weighted by Crippen LogP contribution is 2.13. The van der Waals surface area contributed by atoms with Gasteiger partial charge >= 0.3 is 6.03 Å². The molecule has 0 saturated carbocycles. The Bertz CT molecular complexity index is 423. The molecule has 1 aliphatic heterocycles. The fourth-order valence-electron chi connectivity index (χ4n) is 2.53. The summed E-state index contributed by atoms with van der Waals surface area (Å²) in [5.41, 5.74) is 0. The zero-order valence-electron chi connectivity index (χ0n) is 12.5. The Kier molecular flexibility index (Phi) is 6.48. The largest absolute Gasteiger partial charge is 0.393 e. The molecule has 0 aromatic carbocycles. The van der Waals surface area contributed by atoms with Crippen molar-refractivity contribution in [2.75, 3.05) is 26.3 Å². The first-order valence-corrected chi connectivity index (χ1v) is 8.37. The number of aliphatic hydroxyl groups is 1. The van der Waals surface area contributed by atoms with E-state index in [1.165, 1.54) is 4.88 Å². The van der Waals surface area contributed by atoms with Crippen molar-refractivity contribution in [1.29, 1.82) is 0 Å². The van der Waals surface area contributed by atoms with E-state index in [0.29, 0.717) is 32.7 Å². The number of carbonyl (C=O) groups is 1. The number of aryl methyl sites for hydroxylation is 1. The van der Waals surface area contributed by atoms with Gasteiger partial charge in [0.25, 0.3) is 0 Å². The maximum Gasteiger partial charge on any atom is 0.317 e. The van der Waals surface area contributed by atoms with Crippen LogP contribution in [0.3, 0.4) is 0 Å². The molecular weight excluding hydrogens is 288 g/mol. The maximum atomic E-state index is 12.2. The van der Waals surface area contributed by atoms with Crippen LogP contribution in [0.2, 0.25) is 0 Å². The van der Waals surface area contributed by atoms with Crippen LogP contribution in [0.4, 0.5) is 4.79 Å². The van der Waals surface area contributed by atoms with E-state index in [1.807, 2.05) is 6.07 Å². The fourth-order valence-corrected chi connectivity index (χ4v) is 3.28. The lowest BCUT2D eigenvalue weighted by Crippen LogP contribution is -2.53. The Morgan fingerprint density at radius 3 is 3.24 bits per heavy atom. The van der Waals surface area contributed by atoms with Crippen LogP contribution in [-0.2, 0) is 11.2 Å². The number of rotatable bonds is 6. The van der Waals surface area contributed by atoms with Crippen molar-refractivity contribution in [3.05, 3.63) is 22.4 Å². The van der Waals surface area contributed by atoms with Crippen LogP contribution < -0.4 is 5.32 Å². The monoisotopic (exact) mass is 312 g/mol.